The van der Waals surface area contributed by atoms with Gasteiger partial charge in [0.1, 0.15) is 0 Å². The predicted octanol–water partition coefficient (Wildman–Crippen LogP) is 14.1. The Morgan fingerprint density at radius 2 is 0.803 bits per heavy atom. The van der Waals surface area contributed by atoms with Gasteiger partial charge in [0, 0.05) is 43.9 Å². The van der Waals surface area contributed by atoms with Gasteiger partial charge in [-0.25, -0.2) is 15.0 Å². The molecule has 7 nitrogen and oxygen atoms in total. The van der Waals surface area contributed by atoms with Gasteiger partial charge < -0.3 is 9.13 Å². The largest absolute Gasteiger partial charge is 0.309 e. The molecule has 0 saturated heterocycles. The maximum absolute atomic E-state index is 9.81. The molecular formula is C59H35N7. The first-order valence-electron chi connectivity index (χ1n) is 21.7. The number of fused-ring (bicyclic) bond motifs is 6. The summed E-state index contributed by atoms with van der Waals surface area (Å²) in [5.41, 5.74) is 13.5. The van der Waals surface area contributed by atoms with Gasteiger partial charge in [0.15, 0.2) is 17.5 Å². The van der Waals surface area contributed by atoms with E-state index < -0.39 is 0 Å². The second kappa shape index (κ2) is 15.7. The Kier molecular flexibility index (Phi) is 9.12. The molecule has 9 aromatic carbocycles. The van der Waals surface area contributed by atoms with E-state index in [1.165, 1.54) is 10.8 Å². The van der Waals surface area contributed by atoms with Crippen molar-refractivity contribution in [1.29, 1.82) is 10.5 Å². The van der Waals surface area contributed by atoms with E-state index in [0.29, 0.717) is 28.6 Å². The topological polar surface area (TPSA) is 96.1 Å². The van der Waals surface area contributed by atoms with Crippen molar-refractivity contribution in [2.24, 2.45) is 0 Å². The number of nitrogens with zero attached hydrogens (tertiary/aromatic N) is 7. The van der Waals surface area contributed by atoms with Gasteiger partial charge in [0.05, 0.1) is 51.0 Å². The second-order valence-electron chi connectivity index (χ2n) is 16.3. The molecule has 0 aliphatic heterocycles. The molecule has 0 atom stereocenters. The molecule has 12 rings (SSSR count). The second-order valence-corrected chi connectivity index (χ2v) is 16.3. The van der Waals surface area contributed by atoms with Gasteiger partial charge in [-0.3, -0.25) is 0 Å². The van der Waals surface area contributed by atoms with Crippen LogP contribution in [-0.4, -0.2) is 24.1 Å². The summed E-state index contributed by atoms with van der Waals surface area (Å²) in [6.07, 6.45) is 0. The van der Waals surface area contributed by atoms with Crippen LogP contribution in [0.25, 0.3) is 111 Å². The normalized spacial score (nSPS) is 11.3. The molecule has 306 valence electrons. The van der Waals surface area contributed by atoms with Gasteiger partial charge in [0.2, 0.25) is 0 Å². The minimum atomic E-state index is 0.444. The van der Waals surface area contributed by atoms with Crippen LogP contribution in [0.3, 0.4) is 0 Å². The fraction of sp³-hybridized carbons (Fsp3) is 0. The van der Waals surface area contributed by atoms with Gasteiger partial charge in [-0.1, -0.05) is 140 Å². The quantitative estimate of drug-likeness (QED) is 0.159. The Morgan fingerprint density at radius 3 is 1.45 bits per heavy atom. The van der Waals surface area contributed by atoms with E-state index in [1.807, 2.05) is 72.8 Å². The summed E-state index contributed by atoms with van der Waals surface area (Å²) in [6.45, 7) is 0. The van der Waals surface area contributed by atoms with Crippen LogP contribution in [0.1, 0.15) is 11.1 Å². The Labute approximate surface area is 380 Å². The molecule has 0 N–H and O–H groups in total. The Balaban J connectivity index is 1.13. The van der Waals surface area contributed by atoms with Crippen molar-refractivity contribution in [3.8, 4) is 79.9 Å². The van der Waals surface area contributed by atoms with Crippen molar-refractivity contribution in [3.05, 3.63) is 223 Å². The number of hydrogen-bond acceptors (Lipinski definition) is 5. The monoisotopic (exact) mass is 841 g/mol. The van der Waals surface area contributed by atoms with E-state index in [9.17, 15) is 10.5 Å². The molecule has 3 heterocycles. The number of hydrogen-bond donors (Lipinski definition) is 0. The molecule has 3 aromatic heterocycles. The number of para-hydroxylation sites is 3. The Bertz CT molecular complexity index is 3860. The van der Waals surface area contributed by atoms with Crippen LogP contribution in [-0.2, 0) is 0 Å². The minimum absolute atomic E-state index is 0.444. The van der Waals surface area contributed by atoms with Gasteiger partial charge in [-0.2, -0.15) is 10.5 Å². The van der Waals surface area contributed by atoms with Crippen LogP contribution in [0, 0.1) is 22.7 Å². The van der Waals surface area contributed by atoms with E-state index in [2.05, 4.69) is 155 Å². The summed E-state index contributed by atoms with van der Waals surface area (Å²) in [5.74, 6) is 1.69. The van der Waals surface area contributed by atoms with Crippen LogP contribution in [0.15, 0.2) is 212 Å². The lowest BCUT2D eigenvalue weighted by Crippen LogP contribution is -2.04. The zero-order chi connectivity index (χ0) is 44.1. The molecule has 0 unspecified atom stereocenters. The van der Waals surface area contributed by atoms with Crippen molar-refractivity contribution in [2.75, 3.05) is 0 Å². The van der Waals surface area contributed by atoms with Crippen molar-refractivity contribution in [1.82, 2.24) is 24.1 Å². The molecule has 0 radical (unpaired) electrons. The summed E-state index contributed by atoms with van der Waals surface area (Å²) in [6, 6.07) is 77.1. The third kappa shape index (κ3) is 6.47. The minimum Gasteiger partial charge on any atom is -0.309 e. The van der Waals surface area contributed by atoms with Crippen LogP contribution in [0.4, 0.5) is 0 Å². The van der Waals surface area contributed by atoms with E-state index in [0.717, 1.165) is 83.2 Å². The van der Waals surface area contributed by atoms with E-state index >= 15 is 0 Å². The Hall–Kier alpha value is -9.43. The highest BCUT2D eigenvalue weighted by atomic mass is 15.1. The maximum atomic E-state index is 9.81. The lowest BCUT2D eigenvalue weighted by atomic mass is 9.98. The lowest BCUT2D eigenvalue weighted by molar-refractivity contribution is 1.06. The zero-order valence-corrected chi connectivity index (χ0v) is 35.3. The fourth-order valence-electron chi connectivity index (χ4n) is 9.36. The number of nitriles is 2. The standard InChI is InChI=1S/C59H35N7/c60-36-38-30-39(37-61)32-45(31-38)43-26-28-54-50(33-43)48-21-11-13-23-53(48)66(54)55-29-25-42(44-24-27-49-47-20-10-12-22-52(47)65(56(49)35-44)46-18-8-3-9-19-46)34-51(55)59-63-57(40-14-4-1-5-15-40)62-58(64-59)41-16-6-2-7-17-41/h1-35H. The first kappa shape index (κ1) is 38.3. The zero-order valence-electron chi connectivity index (χ0n) is 35.3. The summed E-state index contributed by atoms with van der Waals surface area (Å²) >= 11 is 0. The highest BCUT2D eigenvalue weighted by Crippen LogP contribution is 2.41. The van der Waals surface area contributed by atoms with Gasteiger partial charge in [0.25, 0.3) is 0 Å². The predicted molar refractivity (Wildman–Crippen MR) is 265 cm³/mol. The first-order valence-corrected chi connectivity index (χ1v) is 21.7. The van der Waals surface area contributed by atoms with Crippen LogP contribution in [0.5, 0.6) is 0 Å². The molecular weight excluding hydrogens is 807 g/mol. The molecule has 0 saturated carbocycles. The molecule has 7 heteroatoms. The summed E-state index contributed by atoms with van der Waals surface area (Å²) in [4.78, 5) is 15.6. The van der Waals surface area contributed by atoms with Gasteiger partial charge in [-0.05, 0) is 95.1 Å². The molecule has 0 aliphatic rings. The lowest BCUT2D eigenvalue weighted by Gasteiger charge is -2.17. The number of aromatic nitrogens is 5. The molecule has 0 amide bonds. The van der Waals surface area contributed by atoms with E-state index in [-0.39, 0.29) is 0 Å². The number of benzene rings is 9. The molecule has 0 bridgehead atoms. The van der Waals surface area contributed by atoms with Gasteiger partial charge in [-0.15, -0.1) is 0 Å². The number of rotatable bonds is 7. The molecule has 0 aliphatic carbocycles. The third-order valence-corrected chi connectivity index (χ3v) is 12.4. The summed E-state index contributed by atoms with van der Waals surface area (Å²) in [7, 11) is 0. The van der Waals surface area contributed by atoms with Crippen LogP contribution >= 0.6 is 0 Å². The van der Waals surface area contributed by atoms with Crippen LogP contribution < -0.4 is 0 Å². The van der Waals surface area contributed by atoms with E-state index in [4.69, 9.17) is 15.0 Å². The highest BCUT2D eigenvalue weighted by Gasteiger charge is 2.22. The molecule has 0 fully saturated rings. The van der Waals surface area contributed by atoms with Crippen LogP contribution in [0.2, 0.25) is 0 Å². The summed E-state index contributed by atoms with van der Waals surface area (Å²) in [5, 5.41) is 24.1. The van der Waals surface area contributed by atoms with Crippen molar-refractivity contribution in [3.63, 3.8) is 0 Å². The SMILES string of the molecule is N#Cc1cc(C#N)cc(-c2ccc3c(c2)c2ccccc2n3-c2ccc(-c3ccc4c5ccccc5n(-c5ccccc5)c4c3)cc2-c2nc(-c3ccccc3)nc(-c3ccccc3)n2)c1. The molecule has 0 spiro atoms. The van der Waals surface area contributed by atoms with Crippen molar-refractivity contribution in [2.45, 2.75) is 0 Å². The molecule has 12 aromatic rings. The van der Waals surface area contributed by atoms with Crippen molar-refractivity contribution >= 4 is 43.6 Å². The highest BCUT2D eigenvalue weighted by molar-refractivity contribution is 6.12. The Morgan fingerprint density at radius 1 is 0.318 bits per heavy atom. The van der Waals surface area contributed by atoms with E-state index in [1.54, 1.807) is 6.07 Å². The fourth-order valence-corrected chi connectivity index (χ4v) is 9.36. The third-order valence-electron chi connectivity index (χ3n) is 12.4. The smallest absolute Gasteiger partial charge is 0.166 e. The summed E-state index contributed by atoms with van der Waals surface area (Å²) < 4.78 is 4.64. The van der Waals surface area contributed by atoms with Crippen molar-refractivity contribution < 1.29 is 0 Å². The average molecular weight is 842 g/mol. The maximum Gasteiger partial charge on any atom is 0.166 e. The average Bonchev–Trinajstić information content (AvgIpc) is 3.91. The molecule has 66 heavy (non-hydrogen) atoms. The van der Waals surface area contributed by atoms with Gasteiger partial charge >= 0.3 is 0 Å². The first-order chi connectivity index (χ1) is 32.6.